The van der Waals surface area contributed by atoms with Gasteiger partial charge in [0.2, 0.25) is 5.56 Å². The van der Waals surface area contributed by atoms with Gasteiger partial charge in [0.15, 0.2) is 0 Å². The fraction of sp³-hybridized carbons (Fsp3) is 0.353. The number of nitrogens with one attached hydrogen (secondary N) is 2. The molecular weight excluding hydrogens is 294 g/mol. The molecule has 0 aliphatic rings. The molecule has 2 heterocycles. The first-order valence-corrected chi connectivity index (χ1v) is 7.59. The van der Waals surface area contributed by atoms with Gasteiger partial charge in [-0.05, 0) is 37.0 Å². The van der Waals surface area contributed by atoms with E-state index in [1.807, 2.05) is 0 Å². The van der Waals surface area contributed by atoms with Gasteiger partial charge in [-0.25, -0.2) is 0 Å². The van der Waals surface area contributed by atoms with Gasteiger partial charge in [-0.3, -0.25) is 14.4 Å². The van der Waals surface area contributed by atoms with E-state index in [1.165, 1.54) is 12.1 Å². The molecule has 6 heteroatoms. The van der Waals surface area contributed by atoms with E-state index in [1.54, 1.807) is 29.8 Å². The maximum Gasteiger partial charge on any atom is 0.263 e. The van der Waals surface area contributed by atoms with Gasteiger partial charge < -0.3 is 14.9 Å². The number of anilines is 1. The summed E-state index contributed by atoms with van der Waals surface area (Å²) in [6.07, 6.45) is 2.57. The summed E-state index contributed by atoms with van der Waals surface area (Å²) in [6.45, 7) is 6.45. The first-order valence-electron chi connectivity index (χ1n) is 7.59. The highest BCUT2D eigenvalue weighted by Crippen LogP contribution is 2.08. The topological polar surface area (TPSA) is 84.0 Å². The Bertz CT molecular complexity index is 818. The normalized spacial score (nSPS) is 10.8. The van der Waals surface area contributed by atoms with Crippen LogP contribution in [0.5, 0.6) is 0 Å². The molecule has 0 fully saturated rings. The molecule has 0 aliphatic carbocycles. The third-order valence-electron chi connectivity index (χ3n) is 3.56. The van der Waals surface area contributed by atoms with Crippen molar-refractivity contribution in [1.29, 1.82) is 0 Å². The van der Waals surface area contributed by atoms with Gasteiger partial charge in [0.25, 0.3) is 11.5 Å². The van der Waals surface area contributed by atoms with E-state index in [0.29, 0.717) is 18.0 Å². The smallest absolute Gasteiger partial charge is 0.263 e. The maximum atomic E-state index is 12.5. The van der Waals surface area contributed by atoms with Crippen LogP contribution in [0.15, 0.2) is 40.1 Å². The lowest BCUT2D eigenvalue weighted by atomic mass is 10.1. The van der Waals surface area contributed by atoms with Crippen molar-refractivity contribution in [2.24, 2.45) is 5.92 Å². The summed E-state index contributed by atoms with van der Waals surface area (Å²) in [6, 6.07) is 6.20. The summed E-state index contributed by atoms with van der Waals surface area (Å²) in [5.74, 6) is 0.210. The zero-order valence-corrected chi connectivity index (χ0v) is 13.6. The second-order valence-electron chi connectivity index (χ2n) is 5.94. The minimum Gasteiger partial charge on any atom is -0.315 e. The number of nitrogens with zero attached hydrogens (tertiary/aromatic N) is 1. The van der Waals surface area contributed by atoms with Crippen LogP contribution in [0.1, 0.15) is 36.2 Å². The van der Waals surface area contributed by atoms with Crippen molar-refractivity contribution in [3.63, 3.8) is 0 Å². The molecule has 2 N–H and O–H groups in total. The maximum absolute atomic E-state index is 12.5. The fourth-order valence-corrected chi connectivity index (χ4v) is 2.22. The van der Waals surface area contributed by atoms with Crippen molar-refractivity contribution in [2.45, 2.75) is 33.7 Å². The van der Waals surface area contributed by atoms with E-state index in [-0.39, 0.29) is 22.5 Å². The zero-order valence-electron chi connectivity index (χ0n) is 13.6. The number of carbonyl (C=O) groups is 1. The Hall–Kier alpha value is -2.63. The largest absolute Gasteiger partial charge is 0.315 e. The van der Waals surface area contributed by atoms with E-state index in [0.717, 1.165) is 6.42 Å². The highest BCUT2D eigenvalue weighted by Gasteiger charge is 2.16. The van der Waals surface area contributed by atoms with Gasteiger partial charge in [-0.2, -0.15) is 0 Å². The van der Waals surface area contributed by atoms with Crippen molar-refractivity contribution < 1.29 is 4.79 Å². The molecule has 0 aromatic carbocycles. The second-order valence-corrected chi connectivity index (χ2v) is 5.94. The molecular formula is C17H21N3O3. The minimum atomic E-state index is -0.520. The summed E-state index contributed by atoms with van der Waals surface area (Å²) in [5, 5.41) is 2.56. The van der Waals surface area contributed by atoms with Gasteiger partial charge in [0, 0.05) is 18.8 Å². The second kappa shape index (κ2) is 7.09. The van der Waals surface area contributed by atoms with Crippen molar-refractivity contribution >= 4 is 11.7 Å². The standard InChI is InChI=1S/C17H21N3O3/c1-11(2)7-9-20-10-8-12(3)15(17(20)23)16(22)19-13-5-4-6-14(21)18-13/h4-6,8,10-11H,7,9H2,1-3H3,(H2,18,19,21,22). The quantitative estimate of drug-likeness (QED) is 0.886. The van der Waals surface area contributed by atoms with Gasteiger partial charge in [-0.1, -0.05) is 19.9 Å². The monoisotopic (exact) mass is 315 g/mol. The van der Waals surface area contributed by atoms with Gasteiger partial charge in [0.1, 0.15) is 11.4 Å². The van der Waals surface area contributed by atoms with Gasteiger partial charge in [-0.15, -0.1) is 0 Å². The van der Waals surface area contributed by atoms with Crippen molar-refractivity contribution in [3.05, 3.63) is 62.3 Å². The SMILES string of the molecule is Cc1ccn(CCC(C)C)c(=O)c1C(=O)Nc1cccc(=O)[nH]1. The molecule has 6 nitrogen and oxygen atoms in total. The summed E-state index contributed by atoms with van der Waals surface area (Å²) >= 11 is 0. The number of carbonyl (C=O) groups excluding carboxylic acids is 1. The molecule has 2 aromatic rings. The number of rotatable bonds is 5. The Morgan fingerprint density at radius 2 is 2.00 bits per heavy atom. The predicted octanol–water partition coefficient (Wildman–Crippen LogP) is 2.14. The third-order valence-corrected chi connectivity index (χ3v) is 3.56. The Balaban J connectivity index is 2.30. The van der Waals surface area contributed by atoms with Crippen LogP contribution in [-0.4, -0.2) is 15.5 Å². The molecule has 0 spiro atoms. The zero-order chi connectivity index (χ0) is 17.0. The Kier molecular flexibility index (Phi) is 5.16. The highest BCUT2D eigenvalue weighted by molar-refractivity contribution is 6.04. The molecule has 0 saturated heterocycles. The van der Waals surface area contributed by atoms with E-state index in [2.05, 4.69) is 24.1 Å². The minimum absolute atomic E-state index is 0.0981. The van der Waals surface area contributed by atoms with Crippen molar-refractivity contribution in [3.8, 4) is 0 Å². The first-order chi connectivity index (χ1) is 10.9. The Morgan fingerprint density at radius 3 is 2.65 bits per heavy atom. The third kappa shape index (κ3) is 4.18. The van der Waals surface area contributed by atoms with Crippen LogP contribution in [0.2, 0.25) is 0 Å². The van der Waals surface area contributed by atoms with Crippen LogP contribution in [-0.2, 0) is 6.54 Å². The lowest BCUT2D eigenvalue weighted by Crippen LogP contribution is -2.31. The van der Waals surface area contributed by atoms with Crippen LogP contribution >= 0.6 is 0 Å². The first kappa shape index (κ1) is 16.7. The summed E-state index contributed by atoms with van der Waals surface area (Å²) < 4.78 is 1.55. The highest BCUT2D eigenvalue weighted by atomic mass is 16.2. The number of hydrogen-bond donors (Lipinski definition) is 2. The molecule has 23 heavy (non-hydrogen) atoms. The molecule has 0 bridgehead atoms. The molecule has 0 atom stereocenters. The van der Waals surface area contributed by atoms with Crippen molar-refractivity contribution in [1.82, 2.24) is 9.55 Å². The van der Waals surface area contributed by atoms with Crippen LogP contribution < -0.4 is 16.4 Å². The molecule has 0 radical (unpaired) electrons. The predicted molar refractivity (Wildman–Crippen MR) is 89.9 cm³/mol. The van der Waals surface area contributed by atoms with Gasteiger partial charge in [0.05, 0.1) is 0 Å². The van der Waals surface area contributed by atoms with E-state index in [4.69, 9.17) is 0 Å². The molecule has 122 valence electrons. The number of hydrogen-bond acceptors (Lipinski definition) is 3. The lowest BCUT2D eigenvalue weighted by molar-refractivity contribution is 0.102. The molecule has 2 rings (SSSR count). The van der Waals surface area contributed by atoms with E-state index < -0.39 is 5.91 Å². The average Bonchev–Trinajstić information content (AvgIpc) is 2.46. The number of pyridine rings is 2. The van der Waals surface area contributed by atoms with Crippen LogP contribution in [0.3, 0.4) is 0 Å². The summed E-state index contributed by atoms with van der Waals surface area (Å²) in [4.78, 5) is 38.7. The number of H-pyrrole nitrogens is 1. The number of aromatic nitrogens is 2. The van der Waals surface area contributed by atoms with Crippen LogP contribution in [0.25, 0.3) is 0 Å². The molecule has 0 saturated carbocycles. The average molecular weight is 315 g/mol. The van der Waals surface area contributed by atoms with Crippen LogP contribution in [0.4, 0.5) is 5.82 Å². The molecule has 2 aromatic heterocycles. The number of amides is 1. The number of aromatic amines is 1. The van der Waals surface area contributed by atoms with Crippen LogP contribution in [0, 0.1) is 12.8 Å². The van der Waals surface area contributed by atoms with E-state index >= 15 is 0 Å². The summed E-state index contributed by atoms with van der Waals surface area (Å²) in [7, 11) is 0. The molecule has 0 aliphatic heterocycles. The Morgan fingerprint density at radius 1 is 1.26 bits per heavy atom. The fourth-order valence-electron chi connectivity index (χ4n) is 2.22. The number of aryl methyl sites for hydroxylation is 2. The van der Waals surface area contributed by atoms with E-state index in [9.17, 15) is 14.4 Å². The Labute approximate surface area is 134 Å². The van der Waals surface area contributed by atoms with Crippen molar-refractivity contribution in [2.75, 3.05) is 5.32 Å². The lowest BCUT2D eigenvalue weighted by Gasteiger charge is -2.12. The van der Waals surface area contributed by atoms with Gasteiger partial charge >= 0.3 is 0 Å². The molecule has 0 unspecified atom stereocenters. The molecule has 1 amide bonds. The summed E-state index contributed by atoms with van der Waals surface area (Å²) in [5.41, 5.74) is 0.0656.